The lowest BCUT2D eigenvalue weighted by molar-refractivity contribution is 0.473. The van der Waals surface area contributed by atoms with E-state index in [2.05, 4.69) is 51.8 Å². The first kappa shape index (κ1) is 10.8. The second kappa shape index (κ2) is 5.43. The Morgan fingerprint density at radius 3 is 3.00 bits per heavy atom. The molecule has 1 aromatic heterocycles. The summed E-state index contributed by atoms with van der Waals surface area (Å²) in [4.78, 5) is 0. The minimum absolute atomic E-state index is 0.526. The molecule has 1 unspecified atom stereocenters. The van der Waals surface area contributed by atoms with Crippen LogP contribution in [0.15, 0.2) is 12.3 Å². The van der Waals surface area contributed by atoms with Crippen molar-refractivity contribution < 1.29 is 0 Å². The van der Waals surface area contributed by atoms with Crippen LogP contribution in [-0.4, -0.2) is 15.1 Å². The Kier molecular flexibility index (Phi) is 4.50. The summed E-state index contributed by atoms with van der Waals surface area (Å²) < 4.78 is 2.06. The fraction of sp³-hybridized carbons (Fsp3) is 0.700. The van der Waals surface area contributed by atoms with Crippen LogP contribution >= 0.6 is 15.9 Å². The minimum atomic E-state index is 0.526. The Balaban J connectivity index is 2.53. The highest BCUT2D eigenvalue weighted by atomic mass is 79.9. The molecule has 2 nitrogen and oxygen atoms in total. The van der Waals surface area contributed by atoms with Gasteiger partial charge in [-0.15, -0.1) is 0 Å². The number of aryl methyl sites for hydroxylation is 1. The predicted octanol–water partition coefficient (Wildman–Crippen LogP) is 3.18. The van der Waals surface area contributed by atoms with Crippen molar-refractivity contribution in [2.45, 2.75) is 39.2 Å². The van der Waals surface area contributed by atoms with Crippen LogP contribution in [0.4, 0.5) is 0 Å². The SMILES string of the molecule is CCC(C)n1ccc(CCCBr)n1. The van der Waals surface area contributed by atoms with Crippen molar-refractivity contribution in [1.82, 2.24) is 9.78 Å². The van der Waals surface area contributed by atoms with Gasteiger partial charge in [-0.1, -0.05) is 22.9 Å². The van der Waals surface area contributed by atoms with Crippen molar-refractivity contribution in [3.05, 3.63) is 18.0 Å². The van der Waals surface area contributed by atoms with Crippen LogP contribution in [0.1, 0.15) is 38.4 Å². The maximum Gasteiger partial charge on any atom is 0.0625 e. The molecule has 3 heteroatoms. The summed E-state index contributed by atoms with van der Waals surface area (Å²) in [5, 5.41) is 5.57. The summed E-state index contributed by atoms with van der Waals surface area (Å²) in [5.41, 5.74) is 1.21. The van der Waals surface area contributed by atoms with E-state index in [-0.39, 0.29) is 0 Å². The van der Waals surface area contributed by atoms with Gasteiger partial charge in [0.1, 0.15) is 0 Å². The molecule has 13 heavy (non-hydrogen) atoms. The summed E-state index contributed by atoms with van der Waals surface area (Å²) in [5.74, 6) is 0. The van der Waals surface area contributed by atoms with E-state index in [4.69, 9.17) is 0 Å². The van der Waals surface area contributed by atoms with Gasteiger partial charge in [0.15, 0.2) is 0 Å². The van der Waals surface area contributed by atoms with E-state index >= 15 is 0 Å². The maximum atomic E-state index is 4.51. The van der Waals surface area contributed by atoms with Crippen molar-refractivity contribution in [1.29, 1.82) is 0 Å². The Bertz CT molecular complexity index is 245. The highest BCUT2D eigenvalue weighted by molar-refractivity contribution is 9.09. The molecule has 0 aliphatic carbocycles. The molecule has 0 amide bonds. The van der Waals surface area contributed by atoms with Crippen LogP contribution in [0.5, 0.6) is 0 Å². The van der Waals surface area contributed by atoms with E-state index in [1.807, 2.05) is 0 Å². The van der Waals surface area contributed by atoms with Crippen LogP contribution in [-0.2, 0) is 6.42 Å². The van der Waals surface area contributed by atoms with Crippen molar-refractivity contribution in [2.24, 2.45) is 0 Å². The molecule has 0 aromatic carbocycles. The molecule has 0 N–H and O–H groups in total. The Morgan fingerprint density at radius 1 is 1.62 bits per heavy atom. The number of hydrogen-bond donors (Lipinski definition) is 0. The minimum Gasteiger partial charge on any atom is -0.270 e. The smallest absolute Gasteiger partial charge is 0.0625 e. The van der Waals surface area contributed by atoms with Crippen LogP contribution in [0.25, 0.3) is 0 Å². The molecule has 0 saturated heterocycles. The first-order chi connectivity index (χ1) is 6.27. The number of aromatic nitrogens is 2. The molecule has 0 radical (unpaired) electrons. The molecule has 0 spiro atoms. The van der Waals surface area contributed by atoms with E-state index < -0.39 is 0 Å². The lowest BCUT2D eigenvalue weighted by Gasteiger charge is -2.07. The monoisotopic (exact) mass is 244 g/mol. The lowest BCUT2D eigenvalue weighted by atomic mass is 10.3. The molecular weight excluding hydrogens is 228 g/mol. The van der Waals surface area contributed by atoms with Crippen LogP contribution < -0.4 is 0 Å². The van der Waals surface area contributed by atoms with Gasteiger partial charge in [0.05, 0.1) is 5.69 Å². The van der Waals surface area contributed by atoms with Gasteiger partial charge in [-0.3, -0.25) is 4.68 Å². The zero-order valence-corrected chi connectivity index (χ0v) is 9.92. The largest absolute Gasteiger partial charge is 0.270 e. The van der Waals surface area contributed by atoms with Crippen molar-refractivity contribution in [3.63, 3.8) is 0 Å². The van der Waals surface area contributed by atoms with Crippen LogP contribution in [0.2, 0.25) is 0 Å². The summed E-state index contributed by atoms with van der Waals surface area (Å²) >= 11 is 3.42. The summed E-state index contributed by atoms with van der Waals surface area (Å²) in [6, 6.07) is 2.65. The molecule has 0 aliphatic rings. The number of nitrogens with zero attached hydrogens (tertiary/aromatic N) is 2. The molecule has 1 heterocycles. The molecule has 1 aromatic rings. The maximum absolute atomic E-state index is 4.51. The van der Waals surface area contributed by atoms with Gasteiger partial charge in [-0.05, 0) is 32.3 Å². The van der Waals surface area contributed by atoms with E-state index in [0.717, 1.165) is 24.6 Å². The first-order valence-corrected chi connectivity index (χ1v) is 6.00. The van der Waals surface area contributed by atoms with Gasteiger partial charge < -0.3 is 0 Å². The fourth-order valence-corrected chi connectivity index (χ4v) is 1.47. The Morgan fingerprint density at radius 2 is 2.38 bits per heavy atom. The summed E-state index contributed by atoms with van der Waals surface area (Å²) in [7, 11) is 0. The van der Waals surface area contributed by atoms with Gasteiger partial charge in [0.25, 0.3) is 0 Å². The molecule has 1 atom stereocenters. The summed E-state index contributed by atoms with van der Waals surface area (Å²) in [6.45, 7) is 4.38. The summed E-state index contributed by atoms with van der Waals surface area (Å²) in [6.07, 6.45) is 5.46. The number of rotatable bonds is 5. The van der Waals surface area contributed by atoms with Crippen molar-refractivity contribution >= 4 is 15.9 Å². The third kappa shape index (κ3) is 3.14. The zero-order chi connectivity index (χ0) is 9.68. The lowest BCUT2D eigenvalue weighted by Crippen LogP contribution is -2.04. The van der Waals surface area contributed by atoms with E-state index in [9.17, 15) is 0 Å². The second-order valence-electron chi connectivity index (χ2n) is 3.34. The Hall–Kier alpha value is -0.310. The highest BCUT2D eigenvalue weighted by Crippen LogP contribution is 2.10. The van der Waals surface area contributed by atoms with Gasteiger partial charge in [0, 0.05) is 17.6 Å². The second-order valence-corrected chi connectivity index (χ2v) is 4.13. The Labute approximate surface area is 88.5 Å². The van der Waals surface area contributed by atoms with Crippen molar-refractivity contribution in [2.75, 3.05) is 5.33 Å². The number of halogens is 1. The standard InChI is InChI=1S/C10H17BrN2/c1-3-9(2)13-8-6-10(12-13)5-4-7-11/h6,8-9H,3-5,7H2,1-2H3. The van der Waals surface area contributed by atoms with Gasteiger partial charge in [-0.2, -0.15) is 5.10 Å². The molecule has 0 bridgehead atoms. The number of hydrogen-bond acceptors (Lipinski definition) is 1. The molecule has 1 rings (SSSR count). The van der Waals surface area contributed by atoms with Crippen LogP contribution in [0.3, 0.4) is 0 Å². The quantitative estimate of drug-likeness (QED) is 0.728. The molecule has 0 aliphatic heterocycles. The van der Waals surface area contributed by atoms with Crippen molar-refractivity contribution in [3.8, 4) is 0 Å². The normalized spacial score (nSPS) is 13.2. The molecular formula is C10H17BrN2. The first-order valence-electron chi connectivity index (χ1n) is 4.88. The van der Waals surface area contributed by atoms with E-state index in [1.54, 1.807) is 0 Å². The van der Waals surface area contributed by atoms with Gasteiger partial charge in [0.2, 0.25) is 0 Å². The van der Waals surface area contributed by atoms with Crippen LogP contribution in [0, 0.1) is 0 Å². The average molecular weight is 245 g/mol. The topological polar surface area (TPSA) is 17.8 Å². The van der Waals surface area contributed by atoms with Gasteiger partial charge in [-0.25, -0.2) is 0 Å². The predicted molar refractivity (Wildman–Crippen MR) is 59.3 cm³/mol. The van der Waals surface area contributed by atoms with E-state index in [0.29, 0.717) is 6.04 Å². The number of alkyl halides is 1. The highest BCUT2D eigenvalue weighted by Gasteiger charge is 2.03. The van der Waals surface area contributed by atoms with E-state index in [1.165, 1.54) is 5.69 Å². The molecule has 74 valence electrons. The van der Waals surface area contributed by atoms with Gasteiger partial charge >= 0.3 is 0 Å². The average Bonchev–Trinajstić information content (AvgIpc) is 2.62. The third-order valence-corrected chi connectivity index (χ3v) is 2.83. The fourth-order valence-electron chi connectivity index (χ4n) is 1.19. The third-order valence-electron chi connectivity index (χ3n) is 2.27. The molecule has 0 saturated carbocycles. The molecule has 0 fully saturated rings. The zero-order valence-electron chi connectivity index (χ0n) is 8.33.